The average molecular weight is 385 g/mol. The lowest BCUT2D eigenvalue weighted by molar-refractivity contribution is -0.274. The molecule has 5 heteroatoms. The molecule has 2 fully saturated rings. The van der Waals surface area contributed by atoms with Gasteiger partial charge < -0.3 is 4.74 Å². The first-order valence-corrected chi connectivity index (χ1v) is 12.7. The Balaban J connectivity index is 1.46. The summed E-state index contributed by atoms with van der Waals surface area (Å²) in [7, 11) is -0.393. The highest BCUT2D eigenvalue weighted by Gasteiger charge is 2.32. The van der Waals surface area contributed by atoms with Crippen molar-refractivity contribution in [2.75, 3.05) is 0 Å². The Hall–Kier alpha value is -0.973. The summed E-state index contributed by atoms with van der Waals surface area (Å²) in [6.07, 6.45) is 4.63. The van der Waals surface area contributed by atoms with E-state index in [0.717, 1.165) is 17.4 Å². The van der Waals surface area contributed by atoms with Crippen molar-refractivity contribution in [1.82, 2.24) is 0 Å². The molecule has 146 valence electrons. The Morgan fingerprint density at radius 2 is 1.50 bits per heavy atom. The summed E-state index contributed by atoms with van der Waals surface area (Å²) in [5, 5.41) is 0. The van der Waals surface area contributed by atoms with Crippen LogP contribution in [0.1, 0.15) is 63.4 Å². The van der Waals surface area contributed by atoms with Crippen LogP contribution in [-0.2, 0) is 0 Å². The fourth-order valence-corrected chi connectivity index (χ4v) is 8.70. The monoisotopic (exact) mass is 384 g/mol. The first kappa shape index (κ1) is 19.8. The fourth-order valence-electron chi connectivity index (χ4n) is 5.22. The number of hydrogen-bond acceptors (Lipinski definition) is 1. The number of benzene rings is 1. The second-order valence-electron chi connectivity index (χ2n) is 8.30. The maximum absolute atomic E-state index is 12.3. The van der Waals surface area contributed by atoms with Crippen molar-refractivity contribution in [2.45, 2.75) is 82.3 Å². The zero-order valence-electron chi connectivity index (χ0n) is 15.7. The maximum atomic E-state index is 12.3. The molecule has 1 aliphatic carbocycles. The van der Waals surface area contributed by atoms with Gasteiger partial charge in [0, 0.05) is 8.80 Å². The van der Waals surface area contributed by atoms with Gasteiger partial charge in [-0.05, 0) is 61.1 Å². The van der Waals surface area contributed by atoms with Crippen molar-refractivity contribution < 1.29 is 17.9 Å². The Morgan fingerprint density at radius 1 is 0.923 bits per heavy atom. The van der Waals surface area contributed by atoms with E-state index < -0.39 is 15.2 Å². The van der Waals surface area contributed by atoms with Crippen molar-refractivity contribution in [2.24, 2.45) is 11.8 Å². The molecule has 0 bridgehead atoms. The summed E-state index contributed by atoms with van der Waals surface area (Å²) in [6.45, 7) is 2.32. The first-order valence-electron chi connectivity index (χ1n) is 10.3. The molecule has 0 amide bonds. The molecule has 0 N–H and O–H groups in total. The predicted octanol–water partition coefficient (Wildman–Crippen LogP) is 6.91. The van der Waals surface area contributed by atoms with Gasteiger partial charge in [0.15, 0.2) is 0 Å². The van der Waals surface area contributed by atoms with E-state index in [0.29, 0.717) is 5.92 Å². The molecule has 2 aliphatic rings. The van der Waals surface area contributed by atoms with E-state index in [2.05, 4.69) is 11.7 Å². The van der Waals surface area contributed by atoms with E-state index in [4.69, 9.17) is 0 Å². The third-order valence-corrected chi connectivity index (χ3v) is 10.3. The third-order valence-electron chi connectivity index (χ3n) is 6.61. The van der Waals surface area contributed by atoms with Gasteiger partial charge in [0.05, 0.1) is 0 Å². The smallest absolute Gasteiger partial charge is 0.406 e. The highest BCUT2D eigenvalue weighted by atomic mass is 28.3. The summed E-state index contributed by atoms with van der Waals surface area (Å²) in [5.41, 5.74) is 1.16. The van der Waals surface area contributed by atoms with E-state index in [-0.39, 0.29) is 5.75 Å². The molecule has 26 heavy (non-hydrogen) atoms. The SMILES string of the molecule is CCC[Si@H]1CC[C@H]([C@H]2CC[C@H](c3ccc(OC(F)(F)F)cc3)CC2)CC1. The van der Waals surface area contributed by atoms with Gasteiger partial charge in [0.1, 0.15) is 5.75 Å². The van der Waals surface area contributed by atoms with Crippen LogP contribution in [0.4, 0.5) is 13.2 Å². The van der Waals surface area contributed by atoms with Crippen LogP contribution in [0.3, 0.4) is 0 Å². The van der Waals surface area contributed by atoms with E-state index in [1.807, 2.05) is 12.1 Å². The van der Waals surface area contributed by atoms with Crippen LogP contribution in [0.25, 0.3) is 0 Å². The zero-order valence-corrected chi connectivity index (χ0v) is 16.9. The minimum Gasteiger partial charge on any atom is -0.406 e. The van der Waals surface area contributed by atoms with E-state index in [9.17, 15) is 13.2 Å². The molecule has 1 aromatic rings. The van der Waals surface area contributed by atoms with Crippen molar-refractivity contribution in [3.63, 3.8) is 0 Å². The standard InChI is InChI=1S/C21H31F3OSi/c1-2-13-26-14-11-19(12-15-26)17-5-3-16(4-6-17)18-7-9-20(10-8-18)25-21(22,23)24/h7-10,16-17,19,26H,2-6,11-15H2,1H3/t16-,17-,19-,26-. The summed E-state index contributed by atoms with van der Waals surface area (Å²) in [4.78, 5) is 0. The summed E-state index contributed by atoms with van der Waals surface area (Å²) >= 11 is 0. The van der Waals surface area contributed by atoms with Gasteiger partial charge in [-0.15, -0.1) is 13.2 Å². The van der Waals surface area contributed by atoms with Crippen molar-refractivity contribution in [3.05, 3.63) is 29.8 Å². The van der Waals surface area contributed by atoms with Gasteiger partial charge >= 0.3 is 6.36 Å². The molecule has 0 aromatic heterocycles. The number of hydrogen-bond donors (Lipinski definition) is 0. The molecule has 1 saturated carbocycles. The lowest BCUT2D eigenvalue weighted by Gasteiger charge is -2.37. The number of rotatable bonds is 5. The summed E-state index contributed by atoms with van der Waals surface area (Å²) in [5.74, 6) is 2.20. The van der Waals surface area contributed by atoms with Crippen molar-refractivity contribution >= 4 is 8.80 Å². The molecule has 3 rings (SSSR count). The molecule has 1 aliphatic heterocycles. The Morgan fingerprint density at radius 3 is 2.04 bits per heavy atom. The molecular formula is C21H31F3OSi. The van der Waals surface area contributed by atoms with Gasteiger partial charge in [-0.25, -0.2) is 0 Å². The molecule has 0 atom stereocenters. The quantitative estimate of drug-likeness (QED) is 0.501. The number of halogens is 3. The number of alkyl halides is 3. The normalized spacial score (nSPS) is 30.2. The second-order valence-corrected chi connectivity index (χ2v) is 11.8. The van der Waals surface area contributed by atoms with Crippen LogP contribution in [0.15, 0.2) is 24.3 Å². The van der Waals surface area contributed by atoms with Crippen LogP contribution in [0.2, 0.25) is 18.1 Å². The van der Waals surface area contributed by atoms with Crippen LogP contribution in [-0.4, -0.2) is 15.2 Å². The van der Waals surface area contributed by atoms with Crippen molar-refractivity contribution in [1.29, 1.82) is 0 Å². The summed E-state index contributed by atoms with van der Waals surface area (Å²) in [6, 6.07) is 11.2. The molecule has 1 nitrogen and oxygen atoms in total. The Bertz CT molecular complexity index is 541. The van der Waals surface area contributed by atoms with Gasteiger partial charge in [0.2, 0.25) is 0 Å². The van der Waals surface area contributed by atoms with Crippen LogP contribution in [0.5, 0.6) is 5.75 Å². The Kier molecular flexibility index (Phi) is 6.70. The second kappa shape index (κ2) is 8.81. The lowest BCUT2D eigenvalue weighted by Crippen LogP contribution is -2.28. The average Bonchev–Trinajstić information content (AvgIpc) is 2.62. The van der Waals surface area contributed by atoms with Gasteiger partial charge in [-0.1, -0.05) is 56.5 Å². The highest BCUT2D eigenvalue weighted by molar-refractivity contribution is 6.58. The van der Waals surface area contributed by atoms with Gasteiger partial charge in [-0.2, -0.15) is 0 Å². The third kappa shape index (κ3) is 5.51. The van der Waals surface area contributed by atoms with E-state index in [1.54, 1.807) is 12.1 Å². The lowest BCUT2D eigenvalue weighted by atomic mass is 9.72. The van der Waals surface area contributed by atoms with Crippen molar-refractivity contribution in [3.8, 4) is 5.75 Å². The van der Waals surface area contributed by atoms with E-state index >= 15 is 0 Å². The van der Waals surface area contributed by atoms with Crippen LogP contribution >= 0.6 is 0 Å². The zero-order chi connectivity index (χ0) is 18.6. The van der Waals surface area contributed by atoms with Crippen LogP contribution < -0.4 is 4.74 Å². The minimum absolute atomic E-state index is 0.122. The molecule has 0 spiro atoms. The molecule has 0 unspecified atom stereocenters. The molecule has 1 heterocycles. The van der Waals surface area contributed by atoms with E-state index in [1.165, 1.54) is 63.1 Å². The molecule has 1 aromatic carbocycles. The Labute approximate surface area is 156 Å². The summed E-state index contributed by atoms with van der Waals surface area (Å²) < 4.78 is 40.8. The largest absolute Gasteiger partial charge is 0.573 e. The topological polar surface area (TPSA) is 9.23 Å². The fraction of sp³-hybridized carbons (Fsp3) is 0.714. The predicted molar refractivity (Wildman–Crippen MR) is 102 cm³/mol. The molecule has 0 radical (unpaired) electrons. The minimum atomic E-state index is -4.61. The highest BCUT2D eigenvalue weighted by Crippen LogP contribution is 2.43. The number of ether oxygens (including phenoxy) is 1. The van der Waals surface area contributed by atoms with Crippen LogP contribution in [0, 0.1) is 11.8 Å². The molecule has 1 saturated heterocycles. The van der Waals surface area contributed by atoms with Gasteiger partial charge in [-0.3, -0.25) is 0 Å². The molecular weight excluding hydrogens is 353 g/mol. The van der Waals surface area contributed by atoms with Gasteiger partial charge in [0.25, 0.3) is 0 Å². The first-order chi connectivity index (χ1) is 12.4. The maximum Gasteiger partial charge on any atom is 0.573 e.